The number of Topliss-reactive ketones (excluding diaryl/α,β-unsaturated/α-hetero) is 1. The van der Waals surface area contributed by atoms with E-state index in [2.05, 4.69) is 4.98 Å². The van der Waals surface area contributed by atoms with Crippen molar-refractivity contribution >= 4 is 11.6 Å². The van der Waals surface area contributed by atoms with Crippen molar-refractivity contribution in [2.45, 2.75) is 32.0 Å². The fourth-order valence-corrected chi connectivity index (χ4v) is 3.65. The molecule has 0 saturated carbocycles. The van der Waals surface area contributed by atoms with Crippen LogP contribution in [0.15, 0.2) is 39.9 Å². The molecule has 0 aliphatic carbocycles. The lowest BCUT2D eigenvalue weighted by atomic mass is 10.1. The summed E-state index contributed by atoms with van der Waals surface area (Å²) in [6.45, 7) is 2.18. The molecular weight excluding hydrogens is 388 g/mol. The van der Waals surface area contributed by atoms with E-state index in [0.717, 1.165) is 29.6 Å². The van der Waals surface area contributed by atoms with E-state index in [1.807, 2.05) is 35.2 Å². The topological polar surface area (TPSA) is 120 Å². The minimum absolute atomic E-state index is 0.00941. The molecule has 1 atom stereocenters. The number of ketones is 1. The monoisotopic (exact) mass is 416 g/mol. The van der Waals surface area contributed by atoms with E-state index < -0.39 is 17.0 Å². The molecule has 162 valence electrons. The quantitative estimate of drug-likeness (QED) is 0.545. The Kier molecular flexibility index (Phi) is 7.56. The fourth-order valence-electron chi connectivity index (χ4n) is 3.65. The molecule has 30 heavy (non-hydrogen) atoms. The van der Waals surface area contributed by atoms with Gasteiger partial charge in [-0.2, -0.15) is 0 Å². The van der Waals surface area contributed by atoms with Gasteiger partial charge >= 0.3 is 5.69 Å². The predicted molar refractivity (Wildman–Crippen MR) is 113 cm³/mol. The number of hydrogen-bond acceptors (Lipinski definition) is 7. The van der Waals surface area contributed by atoms with Crippen LogP contribution in [0.25, 0.3) is 0 Å². The summed E-state index contributed by atoms with van der Waals surface area (Å²) < 4.78 is 11.9. The zero-order valence-corrected chi connectivity index (χ0v) is 17.1. The first-order valence-electron chi connectivity index (χ1n) is 10.0. The molecule has 1 aliphatic heterocycles. The summed E-state index contributed by atoms with van der Waals surface area (Å²) in [7, 11) is 1.49. The minimum atomic E-state index is -0.770. The van der Waals surface area contributed by atoms with Crippen molar-refractivity contribution in [1.29, 1.82) is 0 Å². The number of anilines is 1. The molecule has 1 aliphatic rings. The lowest BCUT2D eigenvalue weighted by Gasteiger charge is -2.25. The van der Waals surface area contributed by atoms with Gasteiger partial charge < -0.3 is 15.2 Å². The number of nitrogens with zero attached hydrogens (tertiary/aromatic N) is 2. The van der Waals surface area contributed by atoms with E-state index in [1.54, 1.807) is 0 Å². The molecule has 2 aromatic rings. The maximum atomic E-state index is 13.1. The van der Waals surface area contributed by atoms with Crippen LogP contribution in [0.3, 0.4) is 0 Å². The Bertz CT molecular complexity index is 964. The van der Waals surface area contributed by atoms with Crippen LogP contribution in [0.4, 0.5) is 5.82 Å². The van der Waals surface area contributed by atoms with Gasteiger partial charge in [0.25, 0.3) is 5.56 Å². The van der Waals surface area contributed by atoms with Gasteiger partial charge in [0.15, 0.2) is 5.78 Å². The molecule has 0 amide bonds. The van der Waals surface area contributed by atoms with Crippen molar-refractivity contribution in [1.82, 2.24) is 14.5 Å². The molecule has 0 spiro atoms. The lowest BCUT2D eigenvalue weighted by Crippen LogP contribution is -2.41. The van der Waals surface area contributed by atoms with Crippen LogP contribution < -0.4 is 17.0 Å². The van der Waals surface area contributed by atoms with Crippen LogP contribution in [0.5, 0.6) is 0 Å². The van der Waals surface area contributed by atoms with Crippen molar-refractivity contribution in [3.63, 3.8) is 0 Å². The van der Waals surface area contributed by atoms with Crippen LogP contribution in [0, 0.1) is 0 Å². The molecule has 1 saturated heterocycles. The summed E-state index contributed by atoms with van der Waals surface area (Å²) in [4.78, 5) is 41.6. The van der Waals surface area contributed by atoms with E-state index >= 15 is 0 Å². The first-order valence-corrected chi connectivity index (χ1v) is 10.0. The molecule has 9 nitrogen and oxygen atoms in total. The molecule has 1 unspecified atom stereocenters. The third-order valence-corrected chi connectivity index (χ3v) is 5.14. The summed E-state index contributed by atoms with van der Waals surface area (Å²) >= 11 is 0. The number of nitrogens with one attached hydrogen (secondary N) is 1. The van der Waals surface area contributed by atoms with Crippen molar-refractivity contribution in [2.75, 3.05) is 39.1 Å². The predicted octanol–water partition coefficient (Wildman–Crippen LogP) is 0.629. The second-order valence-electron chi connectivity index (χ2n) is 7.38. The fraction of sp³-hybridized carbons (Fsp3) is 0.476. The lowest BCUT2D eigenvalue weighted by molar-refractivity contribution is 0.0649. The van der Waals surface area contributed by atoms with Gasteiger partial charge in [0, 0.05) is 26.8 Å². The zero-order valence-electron chi connectivity index (χ0n) is 17.1. The molecule has 3 rings (SSSR count). The SMILES string of the molecule is COCCn1c(N)c(C(=O)CN(Cc2ccccc2)CC2CCCO2)c(=O)[nH]c1=O. The molecule has 3 N–H and O–H groups in total. The van der Waals surface area contributed by atoms with Crippen molar-refractivity contribution in [3.05, 3.63) is 62.3 Å². The number of rotatable bonds is 10. The molecule has 0 radical (unpaired) electrons. The van der Waals surface area contributed by atoms with Crippen molar-refractivity contribution in [2.24, 2.45) is 0 Å². The van der Waals surface area contributed by atoms with Gasteiger partial charge in [-0.3, -0.25) is 24.0 Å². The average molecular weight is 416 g/mol. The molecule has 1 aromatic heterocycles. The first kappa shape index (κ1) is 21.9. The minimum Gasteiger partial charge on any atom is -0.384 e. The van der Waals surface area contributed by atoms with Gasteiger partial charge in [-0.25, -0.2) is 4.79 Å². The number of carbonyl (C=O) groups excluding carboxylic acids is 1. The number of methoxy groups -OCH3 is 1. The second-order valence-corrected chi connectivity index (χ2v) is 7.38. The van der Waals surface area contributed by atoms with Crippen LogP contribution in [-0.4, -0.2) is 59.8 Å². The Morgan fingerprint density at radius 3 is 2.77 bits per heavy atom. The largest absolute Gasteiger partial charge is 0.384 e. The van der Waals surface area contributed by atoms with Gasteiger partial charge in [0.1, 0.15) is 11.4 Å². The van der Waals surface area contributed by atoms with E-state index in [-0.39, 0.29) is 37.2 Å². The Morgan fingerprint density at radius 2 is 2.10 bits per heavy atom. The number of hydrogen-bond donors (Lipinski definition) is 2. The molecule has 1 fully saturated rings. The van der Waals surface area contributed by atoms with Crippen LogP contribution in [0.1, 0.15) is 28.8 Å². The normalized spacial score (nSPS) is 16.3. The van der Waals surface area contributed by atoms with Crippen LogP contribution >= 0.6 is 0 Å². The third kappa shape index (κ3) is 5.44. The standard InChI is InChI=1S/C21H28N4O5/c1-29-11-9-25-19(22)18(20(27)23-21(25)28)17(26)14-24(13-16-8-5-10-30-16)12-15-6-3-2-4-7-15/h2-4,6-7,16H,5,8-14,22H2,1H3,(H,23,27,28). The van der Waals surface area contributed by atoms with Crippen LogP contribution in [0.2, 0.25) is 0 Å². The molecular formula is C21H28N4O5. The van der Waals surface area contributed by atoms with Crippen LogP contribution in [-0.2, 0) is 22.6 Å². The summed E-state index contributed by atoms with van der Waals surface area (Å²) in [5.74, 6) is -0.573. The van der Waals surface area contributed by atoms with E-state index in [9.17, 15) is 14.4 Å². The Morgan fingerprint density at radius 1 is 1.33 bits per heavy atom. The molecule has 2 heterocycles. The summed E-state index contributed by atoms with van der Waals surface area (Å²) in [5, 5.41) is 0. The highest BCUT2D eigenvalue weighted by Crippen LogP contribution is 2.16. The Balaban J connectivity index is 1.83. The smallest absolute Gasteiger partial charge is 0.330 e. The Hall–Kier alpha value is -2.75. The molecule has 1 aromatic carbocycles. The maximum Gasteiger partial charge on any atom is 0.330 e. The summed E-state index contributed by atoms with van der Waals surface area (Å²) in [6, 6.07) is 9.78. The zero-order chi connectivity index (χ0) is 21.5. The number of nitrogens with two attached hydrogens (primary N) is 1. The highest BCUT2D eigenvalue weighted by Gasteiger charge is 2.25. The number of aromatic nitrogens is 2. The molecule has 0 bridgehead atoms. The third-order valence-electron chi connectivity index (χ3n) is 5.14. The number of H-pyrrole nitrogens is 1. The number of carbonyl (C=O) groups is 1. The van der Waals surface area contributed by atoms with Crippen molar-refractivity contribution < 1.29 is 14.3 Å². The molecule has 9 heteroatoms. The van der Waals surface area contributed by atoms with E-state index in [1.165, 1.54) is 7.11 Å². The van der Waals surface area contributed by atoms with Gasteiger partial charge in [-0.15, -0.1) is 0 Å². The van der Waals surface area contributed by atoms with E-state index in [0.29, 0.717) is 13.1 Å². The summed E-state index contributed by atoms with van der Waals surface area (Å²) in [6.07, 6.45) is 1.98. The number of benzene rings is 1. The van der Waals surface area contributed by atoms with E-state index in [4.69, 9.17) is 15.2 Å². The number of aromatic amines is 1. The van der Waals surface area contributed by atoms with Gasteiger partial charge in [-0.1, -0.05) is 30.3 Å². The maximum absolute atomic E-state index is 13.1. The highest BCUT2D eigenvalue weighted by atomic mass is 16.5. The van der Waals surface area contributed by atoms with Gasteiger partial charge in [0.05, 0.1) is 25.8 Å². The average Bonchev–Trinajstić information content (AvgIpc) is 3.21. The number of nitrogen functional groups attached to an aromatic ring is 1. The first-order chi connectivity index (χ1) is 14.5. The Labute approximate surface area is 174 Å². The second kappa shape index (κ2) is 10.3. The van der Waals surface area contributed by atoms with Gasteiger partial charge in [-0.05, 0) is 18.4 Å². The highest BCUT2D eigenvalue weighted by molar-refractivity contribution is 6.01. The van der Waals surface area contributed by atoms with Crippen molar-refractivity contribution in [3.8, 4) is 0 Å². The summed E-state index contributed by atoms with van der Waals surface area (Å²) in [5.41, 5.74) is 5.46. The number of ether oxygens (including phenoxy) is 2. The van der Waals surface area contributed by atoms with Gasteiger partial charge in [0.2, 0.25) is 0 Å².